The van der Waals surface area contributed by atoms with Gasteiger partial charge in [-0.3, -0.25) is 4.79 Å². The quantitative estimate of drug-likeness (QED) is 0.854. The lowest BCUT2D eigenvalue weighted by atomic mass is 10.1. The summed E-state index contributed by atoms with van der Waals surface area (Å²) < 4.78 is 0. The normalized spacial score (nSPS) is 12.5. The molecular weight excluding hydrogens is 264 g/mol. The zero-order chi connectivity index (χ0) is 13.0. The van der Waals surface area contributed by atoms with Crippen LogP contribution in [0.1, 0.15) is 27.7 Å². The first-order valence-corrected chi connectivity index (χ1v) is 7.59. The Bertz CT molecular complexity index is 505. The molecule has 5 heteroatoms. The number of primary amides is 1. The Balaban J connectivity index is 1.81. The van der Waals surface area contributed by atoms with Crippen LogP contribution in [0.3, 0.4) is 0 Å². The molecule has 0 aromatic carbocycles. The number of nitrogens with two attached hydrogens (primary N) is 1. The van der Waals surface area contributed by atoms with Crippen molar-refractivity contribution in [2.45, 2.75) is 25.9 Å². The van der Waals surface area contributed by atoms with E-state index in [1.54, 1.807) is 22.7 Å². The first-order valence-electron chi connectivity index (χ1n) is 5.77. The molecule has 0 radical (unpaired) electrons. The van der Waals surface area contributed by atoms with Gasteiger partial charge in [-0.1, -0.05) is 0 Å². The molecule has 0 fully saturated rings. The number of nitrogens with one attached hydrogen (secondary N) is 1. The van der Waals surface area contributed by atoms with Gasteiger partial charge in [0.05, 0.1) is 5.56 Å². The van der Waals surface area contributed by atoms with Crippen LogP contribution >= 0.6 is 22.7 Å². The van der Waals surface area contributed by atoms with Gasteiger partial charge in [0.2, 0.25) is 5.91 Å². The monoisotopic (exact) mass is 280 g/mol. The van der Waals surface area contributed by atoms with Gasteiger partial charge in [0.1, 0.15) is 0 Å². The van der Waals surface area contributed by atoms with Crippen LogP contribution in [0.5, 0.6) is 0 Å². The van der Waals surface area contributed by atoms with E-state index >= 15 is 0 Å². The van der Waals surface area contributed by atoms with Crippen molar-refractivity contribution in [2.75, 3.05) is 0 Å². The van der Waals surface area contributed by atoms with E-state index in [-0.39, 0.29) is 5.91 Å². The summed E-state index contributed by atoms with van der Waals surface area (Å²) in [6.07, 6.45) is 1.03. The molecule has 18 heavy (non-hydrogen) atoms. The standard InChI is InChI=1S/C13H16N2OS2/c1-9(4-10-2-3-17-7-10)15-6-12-5-11(8-18-12)13(14)16/h2-3,5,7-9,15H,4,6H2,1H3,(H2,14,16). The average Bonchev–Trinajstić information content (AvgIpc) is 2.96. The minimum absolute atomic E-state index is 0.358. The Kier molecular flexibility index (Phi) is 4.52. The summed E-state index contributed by atoms with van der Waals surface area (Å²) in [6.45, 7) is 2.95. The van der Waals surface area contributed by atoms with E-state index in [1.165, 1.54) is 5.56 Å². The molecule has 96 valence electrons. The first kappa shape index (κ1) is 13.3. The third kappa shape index (κ3) is 3.66. The van der Waals surface area contributed by atoms with E-state index < -0.39 is 0 Å². The van der Waals surface area contributed by atoms with Gasteiger partial charge in [0, 0.05) is 22.8 Å². The van der Waals surface area contributed by atoms with E-state index in [1.807, 2.05) is 11.4 Å². The van der Waals surface area contributed by atoms with Crippen molar-refractivity contribution in [3.8, 4) is 0 Å². The Labute approximate surface area is 115 Å². The van der Waals surface area contributed by atoms with Crippen LogP contribution in [0.4, 0.5) is 0 Å². The summed E-state index contributed by atoms with van der Waals surface area (Å²) in [5.41, 5.74) is 7.19. The van der Waals surface area contributed by atoms with E-state index in [9.17, 15) is 4.79 Å². The number of amides is 1. The number of carbonyl (C=O) groups excluding carboxylic acids is 1. The van der Waals surface area contributed by atoms with Crippen LogP contribution in [0.15, 0.2) is 28.3 Å². The maximum atomic E-state index is 11.0. The number of thiophene rings is 2. The maximum absolute atomic E-state index is 11.0. The fourth-order valence-electron chi connectivity index (χ4n) is 1.71. The number of hydrogen-bond donors (Lipinski definition) is 2. The molecule has 1 amide bonds. The molecule has 1 atom stereocenters. The van der Waals surface area contributed by atoms with Crippen LogP contribution in [-0.2, 0) is 13.0 Å². The van der Waals surface area contributed by atoms with Gasteiger partial charge in [-0.25, -0.2) is 0 Å². The summed E-state index contributed by atoms with van der Waals surface area (Å²) in [6, 6.07) is 4.43. The number of carbonyl (C=O) groups is 1. The molecule has 0 bridgehead atoms. The van der Waals surface area contributed by atoms with Gasteiger partial charge in [-0.05, 0) is 41.8 Å². The van der Waals surface area contributed by atoms with Crippen LogP contribution in [0.2, 0.25) is 0 Å². The van der Waals surface area contributed by atoms with Gasteiger partial charge in [0.15, 0.2) is 0 Å². The molecule has 0 aliphatic heterocycles. The maximum Gasteiger partial charge on any atom is 0.249 e. The molecule has 3 nitrogen and oxygen atoms in total. The minimum atomic E-state index is -0.358. The van der Waals surface area contributed by atoms with Gasteiger partial charge in [0.25, 0.3) is 0 Å². The van der Waals surface area contributed by atoms with E-state index in [2.05, 4.69) is 29.1 Å². The van der Waals surface area contributed by atoms with Crippen molar-refractivity contribution < 1.29 is 4.79 Å². The molecule has 2 aromatic rings. The number of hydrogen-bond acceptors (Lipinski definition) is 4. The highest BCUT2D eigenvalue weighted by Gasteiger charge is 2.07. The van der Waals surface area contributed by atoms with Crippen molar-refractivity contribution >= 4 is 28.6 Å². The molecule has 2 rings (SSSR count). The molecule has 2 heterocycles. The summed E-state index contributed by atoms with van der Waals surface area (Å²) in [7, 11) is 0. The molecule has 0 saturated carbocycles. The molecule has 0 spiro atoms. The summed E-state index contributed by atoms with van der Waals surface area (Å²) in [5, 5.41) is 9.53. The van der Waals surface area contributed by atoms with Crippen molar-refractivity contribution in [3.63, 3.8) is 0 Å². The smallest absolute Gasteiger partial charge is 0.249 e. The molecule has 3 N–H and O–H groups in total. The minimum Gasteiger partial charge on any atom is -0.366 e. The summed E-state index contributed by atoms with van der Waals surface area (Å²) >= 11 is 3.29. The lowest BCUT2D eigenvalue weighted by Crippen LogP contribution is -2.27. The Morgan fingerprint density at radius 1 is 1.50 bits per heavy atom. The Morgan fingerprint density at radius 3 is 2.94 bits per heavy atom. The lowest BCUT2D eigenvalue weighted by Gasteiger charge is -2.11. The third-order valence-corrected chi connectivity index (χ3v) is 4.35. The van der Waals surface area contributed by atoms with Crippen molar-refractivity contribution in [1.29, 1.82) is 0 Å². The first-order chi connectivity index (χ1) is 8.65. The van der Waals surface area contributed by atoms with Gasteiger partial charge < -0.3 is 11.1 Å². The lowest BCUT2D eigenvalue weighted by molar-refractivity contribution is 0.100. The predicted molar refractivity (Wildman–Crippen MR) is 77.2 cm³/mol. The largest absolute Gasteiger partial charge is 0.366 e. The summed E-state index contributed by atoms with van der Waals surface area (Å²) in [5.74, 6) is -0.358. The van der Waals surface area contributed by atoms with Crippen LogP contribution in [0, 0.1) is 0 Å². The van der Waals surface area contributed by atoms with E-state index in [0.717, 1.165) is 17.8 Å². The average molecular weight is 280 g/mol. The molecule has 0 aliphatic carbocycles. The third-order valence-electron chi connectivity index (χ3n) is 2.69. The second-order valence-electron chi connectivity index (χ2n) is 4.28. The van der Waals surface area contributed by atoms with Crippen LogP contribution < -0.4 is 11.1 Å². The predicted octanol–water partition coefficient (Wildman–Crippen LogP) is 2.63. The van der Waals surface area contributed by atoms with Crippen molar-refractivity contribution in [1.82, 2.24) is 5.32 Å². The van der Waals surface area contributed by atoms with E-state index in [4.69, 9.17) is 5.73 Å². The van der Waals surface area contributed by atoms with Crippen LogP contribution in [0.25, 0.3) is 0 Å². The topological polar surface area (TPSA) is 55.1 Å². The zero-order valence-electron chi connectivity index (χ0n) is 10.2. The van der Waals surface area contributed by atoms with Gasteiger partial charge >= 0.3 is 0 Å². The second-order valence-corrected chi connectivity index (χ2v) is 6.06. The highest BCUT2D eigenvalue weighted by atomic mass is 32.1. The molecule has 0 saturated heterocycles. The van der Waals surface area contributed by atoms with Crippen molar-refractivity contribution in [3.05, 3.63) is 44.3 Å². The second kappa shape index (κ2) is 6.13. The zero-order valence-corrected chi connectivity index (χ0v) is 11.8. The SMILES string of the molecule is CC(Cc1ccsc1)NCc1cc(C(N)=O)cs1. The van der Waals surface area contributed by atoms with Crippen molar-refractivity contribution in [2.24, 2.45) is 5.73 Å². The Morgan fingerprint density at radius 2 is 2.33 bits per heavy atom. The Hall–Kier alpha value is -1.17. The highest BCUT2D eigenvalue weighted by molar-refractivity contribution is 7.10. The molecule has 1 unspecified atom stereocenters. The van der Waals surface area contributed by atoms with Crippen LogP contribution in [-0.4, -0.2) is 11.9 Å². The molecular formula is C13H16N2OS2. The summed E-state index contributed by atoms with van der Waals surface area (Å²) in [4.78, 5) is 12.1. The van der Waals surface area contributed by atoms with E-state index in [0.29, 0.717) is 11.6 Å². The fourth-order valence-corrected chi connectivity index (χ4v) is 3.22. The molecule has 2 aromatic heterocycles. The number of rotatable bonds is 6. The molecule has 0 aliphatic rings. The highest BCUT2D eigenvalue weighted by Crippen LogP contribution is 2.15. The van der Waals surface area contributed by atoms with Gasteiger partial charge in [-0.2, -0.15) is 11.3 Å². The van der Waals surface area contributed by atoms with Gasteiger partial charge in [-0.15, -0.1) is 11.3 Å². The fraction of sp³-hybridized carbons (Fsp3) is 0.308.